The Kier molecular flexibility index (Phi) is 3.96. The van der Waals surface area contributed by atoms with Crippen LogP contribution in [0.5, 0.6) is 0 Å². The Morgan fingerprint density at radius 2 is 2.00 bits per heavy atom. The fourth-order valence-electron chi connectivity index (χ4n) is 3.52. The van der Waals surface area contributed by atoms with Gasteiger partial charge in [0.1, 0.15) is 12.4 Å². The van der Waals surface area contributed by atoms with E-state index < -0.39 is 0 Å². The summed E-state index contributed by atoms with van der Waals surface area (Å²) in [5.74, 6) is 1.37. The monoisotopic (exact) mass is 383 g/mol. The second-order valence-corrected chi connectivity index (χ2v) is 8.77. The highest BCUT2D eigenvalue weighted by Crippen LogP contribution is 2.46. The summed E-state index contributed by atoms with van der Waals surface area (Å²) in [5.41, 5.74) is 1.42. The molecule has 3 aliphatic rings. The number of fused-ring (bicyclic) bond motifs is 1. The lowest BCUT2D eigenvalue weighted by molar-refractivity contribution is -0.121. The van der Waals surface area contributed by atoms with Crippen molar-refractivity contribution in [1.82, 2.24) is 14.8 Å². The molecule has 2 aliphatic carbocycles. The first-order valence-electron chi connectivity index (χ1n) is 9.43. The van der Waals surface area contributed by atoms with Gasteiger partial charge in [-0.15, -0.1) is 10.2 Å². The molecule has 1 aromatic carbocycles. The summed E-state index contributed by atoms with van der Waals surface area (Å²) < 4.78 is 2.25. The number of nitrogens with zero attached hydrogens (tertiary/aromatic N) is 4. The lowest BCUT2D eigenvalue weighted by atomic mass is 10.2. The van der Waals surface area contributed by atoms with Crippen LogP contribution in [0.15, 0.2) is 29.4 Å². The average molecular weight is 383 g/mol. The third-order valence-corrected chi connectivity index (χ3v) is 6.26. The van der Waals surface area contributed by atoms with Gasteiger partial charge in [0.05, 0.1) is 16.6 Å². The Labute approximate surface area is 161 Å². The van der Waals surface area contributed by atoms with E-state index in [1.807, 2.05) is 31.2 Å². The standard InChI is InChI=1S/C19H21N5O2S/c1-11(18(26)23-10-16(25)20-14-4-2-3-5-15(14)23)27-19-22-21-17(12-6-7-12)24(19)13-8-9-13/h2-5,11-13H,6-10H2,1H3,(H,20,25). The smallest absolute Gasteiger partial charge is 0.244 e. The summed E-state index contributed by atoms with van der Waals surface area (Å²) in [6.45, 7) is 1.92. The summed E-state index contributed by atoms with van der Waals surface area (Å²) in [6.07, 6.45) is 4.69. The van der Waals surface area contributed by atoms with Crippen LogP contribution in [-0.2, 0) is 9.59 Å². The van der Waals surface area contributed by atoms with E-state index in [2.05, 4.69) is 20.1 Å². The first-order valence-corrected chi connectivity index (χ1v) is 10.3. The second kappa shape index (κ2) is 6.37. The molecule has 8 heteroatoms. The number of rotatable bonds is 5. The predicted molar refractivity (Wildman–Crippen MR) is 103 cm³/mol. The highest BCUT2D eigenvalue weighted by atomic mass is 32.2. The quantitative estimate of drug-likeness (QED) is 0.803. The largest absolute Gasteiger partial charge is 0.323 e. The summed E-state index contributed by atoms with van der Waals surface area (Å²) in [6, 6.07) is 7.89. The molecule has 0 spiro atoms. The number of para-hydroxylation sites is 2. The van der Waals surface area contributed by atoms with Gasteiger partial charge in [-0.1, -0.05) is 23.9 Å². The molecule has 0 bridgehead atoms. The topological polar surface area (TPSA) is 80.1 Å². The minimum atomic E-state index is -0.349. The lowest BCUT2D eigenvalue weighted by Gasteiger charge is -2.30. The second-order valence-electron chi connectivity index (χ2n) is 7.47. The van der Waals surface area contributed by atoms with Gasteiger partial charge in [0.2, 0.25) is 11.8 Å². The number of aromatic nitrogens is 3. The van der Waals surface area contributed by atoms with Gasteiger partial charge in [-0.05, 0) is 44.7 Å². The first-order chi connectivity index (χ1) is 13.1. The maximum absolute atomic E-state index is 13.1. The zero-order valence-electron chi connectivity index (χ0n) is 15.1. The molecule has 1 unspecified atom stereocenters. The van der Waals surface area contributed by atoms with Crippen LogP contribution in [0.3, 0.4) is 0 Å². The molecule has 5 rings (SSSR count). The summed E-state index contributed by atoms with van der Waals surface area (Å²) in [5, 5.41) is 12.1. The van der Waals surface area contributed by atoms with Gasteiger partial charge < -0.3 is 9.88 Å². The van der Waals surface area contributed by atoms with Crippen LogP contribution in [0.2, 0.25) is 0 Å². The molecule has 0 saturated heterocycles. The molecule has 2 saturated carbocycles. The third kappa shape index (κ3) is 3.12. The number of amides is 2. The molecule has 2 aromatic rings. The maximum atomic E-state index is 13.1. The molecule has 0 radical (unpaired) electrons. The average Bonchev–Trinajstić information content (AvgIpc) is 3.59. The van der Waals surface area contributed by atoms with Crippen molar-refractivity contribution in [3.8, 4) is 0 Å². The Morgan fingerprint density at radius 3 is 2.74 bits per heavy atom. The molecule has 7 nitrogen and oxygen atoms in total. The van der Waals surface area contributed by atoms with Gasteiger partial charge in [0.25, 0.3) is 0 Å². The summed E-state index contributed by atoms with van der Waals surface area (Å²) >= 11 is 1.45. The highest BCUT2D eigenvalue weighted by Gasteiger charge is 2.38. The molecule has 2 fully saturated rings. The minimum Gasteiger partial charge on any atom is -0.323 e. The molecule has 2 amide bonds. The van der Waals surface area contributed by atoms with Crippen molar-refractivity contribution in [3.05, 3.63) is 30.1 Å². The van der Waals surface area contributed by atoms with Crippen molar-refractivity contribution < 1.29 is 9.59 Å². The molecule has 1 N–H and O–H groups in total. The number of nitrogens with one attached hydrogen (secondary N) is 1. The molecule has 1 aliphatic heterocycles. The Morgan fingerprint density at radius 1 is 1.22 bits per heavy atom. The van der Waals surface area contributed by atoms with E-state index in [1.54, 1.807) is 4.90 Å². The number of benzene rings is 1. The fourth-order valence-corrected chi connectivity index (χ4v) is 4.51. The van der Waals surface area contributed by atoms with Crippen LogP contribution in [0.1, 0.15) is 50.4 Å². The van der Waals surface area contributed by atoms with Crippen LogP contribution in [0, 0.1) is 0 Å². The van der Waals surface area contributed by atoms with E-state index in [0.717, 1.165) is 29.5 Å². The summed E-state index contributed by atoms with van der Waals surface area (Å²) in [4.78, 5) is 26.7. The van der Waals surface area contributed by atoms with E-state index >= 15 is 0 Å². The SMILES string of the molecule is CC(Sc1nnc(C2CC2)n1C1CC1)C(=O)N1CC(=O)Nc2ccccc21. The predicted octanol–water partition coefficient (Wildman–Crippen LogP) is 2.96. The number of carbonyl (C=O) groups is 2. The zero-order chi connectivity index (χ0) is 18.5. The molecule has 1 aromatic heterocycles. The zero-order valence-corrected chi connectivity index (χ0v) is 15.9. The van der Waals surface area contributed by atoms with Gasteiger partial charge in [0.15, 0.2) is 5.16 Å². The van der Waals surface area contributed by atoms with Crippen molar-refractivity contribution in [2.24, 2.45) is 0 Å². The summed E-state index contributed by atoms with van der Waals surface area (Å²) in [7, 11) is 0. The Balaban J connectivity index is 1.38. The number of anilines is 2. The lowest BCUT2D eigenvalue weighted by Crippen LogP contribution is -2.45. The van der Waals surface area contributed by atoms with Crippen LogP contribution >= 0.6 is 11.8 Å². The fraction of sp³-hybridized carbons (Fsp3) is 0.474. The normalized spacial score (nSPS) is 20.2. The van der Waals surface area contributed by atoms with Crippen LogP contribution in [0.25, 0.3) is 0 Å². The van der Waals surface area contributed by atoms with E-state index in [9.17, 15) is 9.59 Å². The van der Waals surface area contributed by atoms with Crippen molar-refractivity contribution in [2.75, 3.05) is 16.8 Å². The Hall–Kier alpha value is -2.35. The Bertz CT molecular complexity index is 919. The molecule has 1 atom stereocenters. The van der Waals surface area contributed by atoms with Crippen LogP contribution in [0.4, 0.5) is 11.4 Å². The van der Waals surface area contributed by atoms with Crippen molar-refractivity contribution in [3.63, 3.8) is 0 Å². The van der Waals surface area contributed by atoms with Gasteiger partial charge in [0, 0.05) is 12.0 Å². The molecule has 2 heterocycles. The third-order valence-electron chi connectivity index (χ3n) is 5.21. The number of hydrogen-bond acceptors (Lipinski definition) is 5. The van der Waals surface area contributed by atoms with Gasteiger partial charge in [-0.25, -0.2) is 0 Å². The molecule has 27 heavy (non-hydrogen) atoms. The van der Waals surface area contributed by atoms with E-state index in [4.69, 9.17) is 0 Å². The van der Waals surface area contributed by atoms with Crippen molar-refractivity contribution >= 4 is 35.0 Å². The minimum absolute atomic E-state index is 0.0450. The van der Waals surface area contributed by atoms with Crippen LogP contribution < -0.4 is 10.2 Å². The van der Waals surface area contributed by atoms with E-state index in [-0.39, 0.29) is 23.6 Å². The van der Waals surface area contributed by atoms with E-state index in [0.29, 0.717) is 17.6 Å². The molecule has 140 valence electrons. The molecular weight excluding hydrogens is 362 g/mol. The number of thioether (sulfide) groups is 1. The van der Waals surface area contributed by atoms with Gasteiger partial charge in [-0.3, -0.25) is 14.5 Å². The number of carbonyl (C=O) groups excluding carboxylic acids is 2. The number of hydrogen-bond donors (Lipinski definition) is 1. The van der Waals surface area contributed by atoms with Crippen molar-refractivity contribution in [1.29, 1.82) is 0 Å². The van der Waals surface area contributed by atoms with E-state index in [1.165, 1.54) is 24.6 Å². The highest BCUT2D eigenvalue weighted by molar-refractivity contribution is 8.00. The van der Waals surface area contributed by atoms with Crippen LogP contribution in [-0.4, -0.2) is 38.4 Å². The van der Waals surface area contributed by atoms with Crippen molar-refractivity contribution in [2.45, 2.75) is 55.0 Å². The molecular formula is C19H21N5O2S. The maximum Gasteiger partial charge on any atom is 0.244 e. The first kappa shape index (κ1) is 16.8. The van der Waals surface area contributed by atoms with Gasteiger partial charge in [-0.2, -0.15) is 0 Å². The van der Waals surface area contributed by atoms with Gasteiger partial charge >= 0.3 is 0 Å².